The normalized spacial score (nSPS) is 23.1. The van der Waals surface area contributed by atoms with Crippen molar-refractivity contribution in [1.29, 1.82) is 5.26 Å². The highest BCUT2D eigenvalue weighted by Gasteiger charge is 2.51. The van der Waals surface area contributed by atoms with Crippen molar-refractivity contribution in [3.63, 3.8) is 0 Å². The van der Waals surface area contributed by atoms with E-state index in [1.54, 1.807) is 30.2 Å². The molecule has 1 saturated heterocycles. The third kappa shape index (κ3) is 4.95. The van der Waals surface area contributed by atoms with Crippen LogP contribution in [0.4, 0.5) is 22.2 Å². The van der Waals surface area contributed by atoms with Crippen molar-refractivity contribution in [3.8, 4) is 6.07 Å². The van der Waals surface area contributed by atoms with Crippen LogP contribution in [0.15, 0.2) is 24.7 Å². The first kappa shape index (κ1) is 27.1. The molecule has 11 heteroatoms. The number of esters is 1. The minimum absolute atomic E-state index is 0.113. The Morgan fingerprint density at radius 3 is 2.53 bits per heavy atom. The first-order chi connectivity index (χ1) is 17.9. The van der Waals surface area contributed by atoms with E-state index in [9.17, 15) is 14.9 Å². The highest BCUT2D eigenvalue weighted by atomic mass is 16.6. The summed E-state index contributed by atoms with van der Waals surface area (Å²) in [5.41, 5.74) is -0.576. The Hall–Kier alpha value is -3.94. The fourth-order valence-corrected chi connectivity index (χ4v) is 5.03. The maximum atomic E-state index is 13.4. The lowest BCUT2D eigenvalue weighted by atomic mass is 9.84. The van der Waals surface area contributed by atoms with Gasteiger partial charge in [-0.2, -0.15) is 5.26 Å². The second-order valence-electron chi connectivity index (χ2n) is 11.0. The number of nitrogens with zero attached hydrogens (tertiary/aromatic N) is 7. The molecule has 38 heavy (non-hydrogen) atoms. The van der Waals surface area contributed by atoms with E-state index in [1.165, 1.54) is 6.33 Å². The lowest BCUT2D eigenvalue weighted by molar-refractivity contribution is -0.148. The van der Waals surface area contributed by atoms with Gasteiger partial charge in [0.05, 0.1) is 23.8 Å². The molecule has 2 aromatic rings. The number of aromatic nitrogens is 3. The van der Waals surface area contributed by atoms with Gasteiger partial charge in [0.2, 0.25) is 0 Å². The van der Waals surface area contributed by atoms with Crippen molar-refractivity contribution in [1.82, 2.24) is 19.9 Å². The molecular formula is C27H35N7O4. The van der Waals surface area contributed by atoms with Crippen LogP contribution in [0.2, 0.25) is 0 Å². The molecule has 1 unspecified atom stereocenters. The summed E-state index contributed by atoms with van der Waals surface area (Å²) in [6.07, 6.45) is 2.69. The number of hydrogen-bond acceptors (Lipinski definition) is 10. The number of piperazine rings is 1. The minimum Gasteiger partial charge on any atom is -0.465 e. The summed E-state index contributed by atoms with van der Waals surface area (Å²) in [7, 11) is 0. The zero-order chi connectivity index (χ0) is 27.8. The van der Waals surface area contributed by atoms with E-state index in [2.05, 4.69) is 25.9 Å². The molecule has 2 aromatic heterocycles. The fourth-order valence-electron chi connectivity index (χ4n) is 5.03. The average Bonchev–Trinajstić information content (AvgIpc) is 3.18. The molecule has 2 aliphatic rings. The number of nitriles is 1. The van der Waals surface area contributed by atoms with Gasteiger partial charge in [-0.3, -0.25) is 4.79 Å². The predicted molar refractivity (Wildman–Crippen MR) is 141 cm³/mol. The molecule has 0 saturated carbocycles. The smallest absolute Gasteiger partial charge is 0.410 e. The highest BCUT2D eigenvalue weighted by molar-refractivity contribution is 5.92. The van der Waals surface area contributed by atoms with Crippen molar-refractivity contribution in [2.75, 3.05) is 36.0 Å². The van der Waals surface area contributed by atoms with E-state index >= 15 is 0 Å². The van der Waals surface area contributed by atoms with Gasteiger partial charge >= 0.3 is 12.1 Å². The van der Waals surface area contributed by atoms with Gasteiger partial charge in [0.25, 0.3) is 0 Å². The Bertz CT molecular complexity index is 1270. The largest absolute Gasteiger partial charge is 0.465 e. The van der Waals surface area contributed by atoms with Gasteiger partial charge in [0.15, 0.2) is 0 Å². The number of carbonyl (C=O) groups excluding carboxylic acids is 2. The summed E-state index contributed by atoms with van der Waals surface area (Å²) >= 11 is 0. The van der Waals surface area contributed by atoms with E-state index in [1.807, 2.05) is 46.4 Å². The average molecular weight is 522 g/mol. The number of amides is 1. The van der Waals surface area contributed by atoms with Crippen LogP contribution in [0.3, 0.4) is 0 Å². The Kier molecular flexibility index (Phi) is 7.19. The number of rotatable bonds is 4. The summed E-state index contributed by atoms with van der Waals surface area (Å²) in [6, 6.07) is 5.17. The molecule has 4 rings (SSSR count). The van der Waals surface area contributed by atoms with Crippen molar-refractivity contribution in [2.24, 2.45) is 0 Å². The summed E-state index contributed by atoms with van der Waals surface area (Å²) in [5, 5.41) is 9.41. The number of pyridine rings is 1. The van der Waals surface area contributed by atoms with Gasteiger partial charge in [-0.05, 0) is 60.6 Å². The molecule has 4 heterocycles. The van der Waals surface area contributed by atoms with Gasteiger partial charge in [0, 0.05) is 37.9 Å². The molecule has 2 aliphatic heterocycles. The van der Waals surface area contributed by atoms with Crippen LogP contribution in [0.1, 0.15) is 59.6 Å². The molecule has 202 valence electrons. The van der Waals surface area contributed by atoms with Crippen molar-refractivity contribution in [2.45, 2.75) is 71.6 Å². The quantitative estimate of drug-likeness (QED) is 0.552. The van der Waals surface area contributed by atoms with Gasteiger partial charge in [-0.1, -0.05) is 0 Å². The number of fused-ring (bicyclic) bond motifs is 1. The van der Waals surface area contributed by atoms with Crippen molar-refractivity contribution in [3.05, 3.63) is 35.8 Å². The Balaban J connectivity index is 1.76. The van der Waals surface area contributed by atoms with Crippen LogP contribution >= 0.6 is 0 Å². The topological polar surface area (TPSA) is 125 Å². The van der Waals surface area contributed by atoms with E-state index < -0.39 is 11.0 Å². The molecule has 1 fully saturated rings. The molecule has 0 N–H and O–H groups in total. The summed E-state index contributed by atoms with van der Waals surface area (Å²) in [6.45, 7) is 14.5. The summed E-state index contributed by atoms with van der Waals surface area (Å²) in [5.74, 6) is 1.29. The number of anilines is 3. The molecule has 1 amide bonds. The van der Waals surface area contributed by atoms with Crippen LogP contribution in [-0.2, 0) is 19.7 Å². The SMILES string of the molecule is CCOC(=O)C1(C)CN(c2cc(C#N)ccn2)c2ncnc(N3C[C@@H](C)N(C(=O)OC(C)(C)C)C[C@@H]3C)c21. The van der Waals surface area contributed by atoms with Crippen LogP contribution in [0, 0.1) is 11.3 Å². The van der Waals surface area contributed by atoms with Crippen LogP contribution in [0.5, 0.6) is 0 Å². The van der Waals surface area contributed by atoms with E-state index in [0.717, 1.165) is 0 Å². The summed E-state index contributed by atoms with van der Waals surface area (Å²) in [4.78, 5) is 45.7. The monoisotopic (exact) mass is 521 g/mol. The Morgan fingerprint density at radius 2 is 1.87 bits per heavy atom. The van der Waals surface area contributed by atoms with Crippen molar-refractivity contribution < 1.29 is 19.1 Å². The van der Waals surface area contributed by atoms with Gasteiger partial charge in [-0.15, -0.1) is 0 Å². The molecule has 0 aromatic carbocycles. The van der Waals surface area contributed by atoms with Gasteiger partial charge in [0.1, 0.15) is 34.8 Å². The molecule has 0 radical (unpaired) electrons. The predicted octanol–water partition coefficient (Wildman–Crippen LogP) is 3.55. The Labute approximate surface area is 223 Å². The fraction of sp³-hybridized carbons (Fsp3) is 0.556. The zero-order valence-electron chi connectivity index (χ0n) is 23.1. The Morgan fingerprint density at radius 1 is 1.16 bits per heavy atom. The van der Waals surface area contributed by atoms with E-state index in [4.69, 9.17) is 9.47 Å². The molecule has 0 bridgehead atoms. The maximum absolute atomic E-state index is 13.4. The first-order valence-electron chi connectivity index (χ1n) is 12.8. The van der Waals surface area contributed by atoms with Gasteiger partial charge in [-0.25, -0.2) is 19.7 Å². The van der Waals surface area contributed by atoms with E-state index in [0.29, 0.717) is 41.7 Å². The molecule has 0 aliphatic carbocycles. The minimum atomic E-state index is -1.09. The molecular weight excluding hydrogens is 486 g/mol. The molecule has 0 spiro atoms. The lowest BCUT2D eigenvalue weighted by Gasteiger charge is -2.45. The zero-order valence-corrected chi connectivity index (χ0v) is 23.1. The molecule has 3 atom stereocenters. The molecule has 11 nitrogen and oxygen atoms in total. The third-order valence-corrected chi connectivity index (χ3v) is 6.85. The lowest BCUT2D eigenvalue weighted by Crippen LogP contribution is -2.59. The number of hydrogen-bond donors (Lipinski definition) is 0. The highest BCUT2D eigenvalue weighted by Crippen LogP contribution is 2.48. The number of ether oxygens (including phenoxy) is 2. The van der Waals surface area contributed by atoms with Gasteiger partial charge < -0.3 is 24.2 Å². The standard InChI is InChI=1S/C27H35N7O4/c1-8-37-24(35)27(7)15-34(20-11-19(12-28)9-10-29-20)23-21(27)22(30-16-31-23)32-13-18(3)33(14-17(32)2)25(36)38-26(4,5)6/h9-11,16-18H,8,13-15H2,1-7H3/t17-,18+,27?/m0/s1. The summed E-state index contributed by atoms with van der Waals surface area (Å²) < 4.78 is 11.1. The third-order valence-electron chi connectivity index (χ3n) is 6.85. The maximum Gasteiger partial charge on any atom is 0.410 e. The second-order valence-corrected chi connectivity index (χ2v) is 11.0. The van der Waals surface area contributed by atoms with Crippen molar-refractivity contribution >= 4 is 29.5 Å². The van der Waals surface area contributed by atoms with Crippen LogP contribution in [0.25, 0.3) is 0 Å². The second kappa shape index (κ2) is 10.1. The van der Waals surface area contributed by atoms with E-state index in [-0.39, 0.29) is 37.3 Å². The first-order valence-corrected chi connectivity index (χ1v) is 12.8. The van der Waals surface area contributed by atoms with Crippen LogP contribution < -0.4 is 9.80 Å². The van der Waals surface area contributed by atoms with Crippen LogP contribution in [-0.4, -0.2) is 75.8 Å². The number of carbonyl (C=O) groups is 2.